The van der Waals surface area contributed by atoms with Gasteiger partial charge in [-0.15, -0.1) is 0 Å². The molecule has 1 heterocycles. The zero-order valence-corrected chi connectivity index (χ0v) is 7.76. The zero-order valence-electron chi connectivity index (χ0n) is 7.76. The molecule has 1 atom stereocenters. The standard InChI is InChI=1S/C8H9BF3NO/c1-7(14,8(10,11)12)5-2-6(9)4-13-3-5/h2-4,14H,9H2,1H3. The molecule has 76 valence electrons. The van der Waals surface area contributed by atoms with Crippen LogP contribution in [0, 0.1) is 0 Å². The molecular formula is C8H9BF3NO. The predicted molar refractivity (Wildman–Crippen MR) is 48.0 cm³/mol. The van der Waals surface area contributed by atoms with Gasteiger partial charge in [0.2, 0.25) is 0 Å². The average molecular weight is 203 g/mol. The highest BCUT2D eigenvalue weighted by molar-refractivity contribution is 6.32. The van der Waals surface area contributed by atoms with E-state index in [-0.39, 0.29) is 5.56 Å². The second-order valence-electron chi connectivity index (χ2n) is 3.32. The number of hydrogen-bond donors (Lipinski definition) is 1. The summed E-state index contributed by atoms with van der Waals surface area (Å²) >= 11 is 0. The lowest BCUT2D eigenvalue weighted by Crippen LogP contribution is -2.39. The summed E-state index contributed by atoms with van der Waals surface area (Å²) in [7, 11) is 1.61. The number of aliphatic hydroxyl groups is 1. The minimum absolute atomic E-state index is 0.245. The molecule has 0 amide bonds. The van der Waals surface area contributed by atoms with Crippen molar-refractivity contribution in [2.24, 2.45) is 0 Å². The first kappa shape index (κ1) is 11.0. The molecule has 1 N–H and O–H groups in total. The third-order valence-electron chi connectivity index (χ3n) is 1.99. The molecule has 1 rings (SSSR count). The second-order valence-corrected chi connectivity index (χ2v) is 3.32. The molecule has 0 aliphatic carbocycles. The molecule has 1 aromatic heterocycles. The molecule has 0 aliphatic heterocycles. The first-order valence-electron chi connectivity index (χ1n) is 3.96. The van der Waals surface area contributed by atoms with E-state index < -0.39 is 11.8 Å². The van der Waals surface area contributed by atoms with Gasteiger partial charge < -0.3 is 5.11 Å². The Morgan fingerprint density at radius 3 is 2.36 bits per heavy atom. The Kier molecular flexibility index (Phi) is 2.58. The van der Waals surface area contributed by atoms with E-state index in [1.54, 1.807) is 7.85 Å². The Balaban J connectivity index is 3.16. The third-order valence-corrected chi connectivity index (χ3v) is 1.99. The maximum absolute atomic E-state index is 12.4. The summed E-state index contributed by atoms with van der Waals surface area (Å²) in [5.41, 5.74) is -2.51. The Labute approximate surface area is 80.2 Å². The van der Waals surface area contributed by atoms with Crippen LogP contribution in [0.15, 0.2) is 18.5 Å². The highest BCUT2D eigenvalue weighted by atomic mass is 19.4. The number of nitrogens with zero attached hydrogens (tertiary/aromatic N) is 1. The van der Waals surface area contributed by atoms with E-state index in [1.165, 1.54) is 12.3 Å². The van der Waals surface area contributed by atoms with Crippen molar-refractivity contribution in [3.63, 3.8) is 0 Å². The first-order chi connectivity index (χ1) is 6.25. The van der Waals surface area contributed by atoms with Crippen molar-refractivity contribution in [2.75, 3.05) is 0 Å². The molecule has 0 aliphatic rings. The van der Waals surface area contributed by atoms with Gasteiger partial charge in [-0.3, -0.25) is 4.98 Å². The smallest absolute Gasteiger partial charge is 0.376 e. The normalized spacial score (nSPS) is 16.4. The molecule has 1 unspecified atom stereocenters. The molecule has 6 heteroatoms. The van der Waals surface area contributed by atoms with Gasteiger partial charge in [-0.1, -0.05) is 11.5 Å². The highest BCUT2D eigenvalue weighted by Gasteiger charge is 2.51. The van der Waals surface area contributed by atoms with E-state index in [0.29, 0.717) is 12.4 Å². The lowest BCUT2D eigenvalue weighted by molar-refractivity contribution is -0.258. The molecule has 14 heavy (non-hydrogen) atoms. The number of hydrogen-bond acceptors (Lipinski definition) is 2. The maximum Gasteiger partial charge on any atom is 0.421 e. The molecule has 0 saturated heterocycles. The van der Waals surface area contributed by atoms with Gasteiger partial charge in [-0.05, 0) is 6.92 Å². The van der Waals surface area contributed by atoms with Crippen molar-refractivity contribution in [1.82, 2.24) is 4.98 Å². The van der Waals surface area contributed by atoms with Gasteiger partial charge in [0.15, 0.2) is 5.60 Å². The molecule has 0 spiro atoms. The van der Waals surface area contributed by atoms with E-state index in [0.717, 1.165) is 6.20 Å². The van der Waals surface area contributed by atoms with Gasteiger partial charge in [0.05, 0.1) is 0 Å². The van der Waals surface area contributed by atoms with E-state index in [2.05, 4.69) is 4.98 Å². The molecule has 0 saturated carbocycles. The van der Waals surface area contributed by atoms with Crippen molar-refractivity contribution in [2.45, 2.75) is 18.7 Å². The van der Waals surface area contributed by atoms with Crippen LogP contribution in [0.4, 0.5) is 13.2 Å². The van der Waals surface area contributed by atoms with Crippen molar-refractivity contribution in [3.8, 4) is 0 Å². The van der Waals surface area contributed by atoms with Crippen LogP contribution in [0.5, 0.6) is 0 Å². The Bertz CT molecular complexity index is 338. The van der Waals surface area contributed by atoms with Gasteiger partial charge in [0.25, 0.3) is 0 Å². The molecule has 2 nitrogen and oxygen atoms in total. The molecule has 1 aromatic rings. The Morgan fingerprint density at radius 1 is 1.36 bits per heavy atom. The van der Waals surface area contributed by atoms with Gasteiger partial charge in [-0.25, -0.2) is 0 Å². The second kappa shape index (κ2) is 3.27. The minimum atomic E-state index is -4.69. The Hall–Kier alpha value is -1.04. The molecule has 0 fully saturated rings. The van der Waals surface area contributed by atoms with Gasteiger partial charge in [0.1, 0.15) is 7.85 Å². The van der Waals surface area contributed by atoms with Crippen LogP contribution in [0.25, 0.3) is 0 Å². The molecular weight excluding hydrogens is 194 g/mol. The summed E-state index contributed by atoms with van der Waals surface area (Å²) in [4.78, 5) is 3.60. The van der Waals surface area contributed by atoms with Crippen molar-refractivity contribution < 1.29 is 18.3 Å². The van der Waals surface area contributed by atoms with Gasteiger partial charge in [0, 0.05) is 18.0 Å². The monoisotopic (exact) mass is 203 g/mol. The summed E-state index contributed by atoms with van der Waals surface area (Å²) in [6, 6.07) is 1.26. The predicted octanol–water partition coefficient (Wildman–Crippen LogP) is 0.110. The van der Waals surface area contributed by atoms with Crippen LogP contribution in [0.3, 0.4) is 0 Å². The topological polar surface area (TPSA) is 33.1 Å². The van der Waals surface area contributed by atoms with Crippen LogP contribution in [0.2, 0.25) is 0 Å². The summed E-state index contributed by atoms with van der Waals surface area (Å²) in [5.74, 6) is 0. The van der Waals surface area contributed by atoms with E-state index in [9.17, 15) is 18.3 Å². The summed E-state index contributed by atoms with van der Waals surface area (Å²) in [5, 5.41) is 9.28. The number of halogens is 3. The fourth-order valence-corrected chi connectivity index (χ4v) is 0.985. The summed E-state index contributed by atoms with van der Waals surface area (Å²) < 4.78 is 37.1. The van der Waals surface area contributed by atoms with Crippen molar-refractivity contribution in [1.29, 1.82) is 0 Å². The van der Waals surface area contributed by atoms with Crippen molar-refractivity contribution in [3.05, 3.63) is 24.0 Å². The maximum atomic E-state index is 12.4. The largest absolute Gasteiger partial charge is 0.421 e. The van der Waals surface area contributed by atoms with Crippen LogP contribution in [-0.2, 0) is 5.60 Å². The zero-order chi connectivity index (χ0) is 11.0. The fraction of sp³-hybridized carbons (Fsp3) is 0.375. The SMILES string of the molecule is Bc1cncc(C(C)(O)C(F)(F)F)c1. The lowest BCUT2D eigenvalue weighted by atomic mass is 9.90. The quantitative estimate of drug-likeness (QED) is 0.657. The van der Waals surface area contributed by atoms with Crippen LogP contribution < -0.4 is 5.46 Å². The highest BCUT2D eigenvalue weighted by Crippen LogP contribution is 2.37. The number of aromatic nitrogens is 1. The average Bonchev–Trinajstić information content (AvgIpc) is 2.02. The Morgan fingerprint density at radius 2 is 1.93 bits per heavy atom. The van der Waals surface area contributed by atoms with Crippen LogP contribution in [0.1, 0.15) is 12.5 Å². The minimum Gasteiger partial charge on any atom is -0.376 e. The van der Waals surface area contributed by atoms with Crippen LogP contribution in [-0.4, -0.2) is 24.1 Å². The van der Waals surface area contributed by atoms with Crippen LogP contribution >= 0.6 is 0 Å². The summed E-state index contributed by atoms with van der Waals surface area (Å²) in [6.07, 6.45) is -2.25. The van der Waals surface area contributed by atoms with Crippen molar-refractivity contribution >= 4 is 13.3 Å². The number of pyridine rings is 1. The summed E-state index contributed by atoms with van der Waals surface area (Å²) in [6.45, 7) is 0.712. The van der Waals surface area contributed by atoms with E-state index >= 15 is 0 Å². The molecule has 0 aromatic carbocycles. The number of rotatable bonds is 1. The number of alkyl halides is 3. The van der Waals surface area contributed by atoms with E-state index in [1.807, 2.05) is 0 Å². The lowest BCUT2D eigenvalue weighted by Gasteiger charge is -2.26. The third kappa shape index (κ3) is 1.90. The van der Waals surface area contributed by atoms with E-state index in [4.69, 9.17) is 0 Å². The molecule has 0 radical (unpaired) electrons. The first-order valence-corrected chi connectivity index (χ1v) is 3.96. The van der Waals surface area contributed by atoms with Gasteiger partial charge in [-0.2, -0.15) is 13.2 Å². The van der Waals surface area contributed by atoms with Gasteiger partial charge >= 0.3 is 6.18 Å². The molecule has 0 bridgehead atoms. The fourth-order valence-electron chi connectivity index (χ4n) is 0.985.